The molecule has 1 aliphatic rings. The Hall–Kier alpha value is -3.41. The molecule has 1 aliphatic carbocycles. The number of nitrogens with zero attached hydrogens (tertiary/aromatic N) is 1. The number of fused-ring (bicyclic) bond motifs is 2. The minimum atomic E-state index is -0.269. The number of carbonyl (C=O) groups is 2. The number of amides is 2. The van der Waals surface area contributed by atoms with Crippen molar-refractivity contribution in [3.63, 3.8) is 0 Å². The van der Waals surface area contributed by atoms with Crippen LogP contribution in [-0.4, -0.2) is 22.8 Å². The second-order valence-electron chi connectivity index (χ2n) is 6.84. The summed E-state index contributed by atoms with van der Waals surface area (Å²) in [4.78, 5) is 28.8. The van der Waals surface area contributed by atoms with E-state index in [1.165, 1.54) is 6.08 Å². The van der Waals surface area contributed by atoms with Crippen molar-refractivity contribution in [1.82, 2.24) is 15.6 Å². The summed E-state index contributed by atoms with van der Waals surface area (Å²) in [6.07, 6.45) is 2.60. The molecular formula is C22H21N3O3. The third-order valence-corrected chi connectivity index (χ3v) is 4.97. The van der Waals surface area contributed by atoms with Crippen molar-refractivity contribution in [2.24, 2.45) is 0 Å². The van der Waals surface area contributed by atoms with Crippen LogP contribution >= 0.6 is 0 Å². The Labute approximate surface area is 162 Å². The molecule has 0 saturated carbocycles. The van der Waals surface area contributed by atoms with Gasteiger partial charge in [-0.25, -0.2) is 4.98 Å². The molecule has 0 spiro atoms. The molecule has 1 aromatic heterocycles. The Balaban J connectivity index is 1.41. The van der Waals surface area contributed by atoms with E-state index >= 15 is 0 Å². The molecule has 2 N–H and O–H groups in total. The predicted octanol–water partition coefficient (Wildman–Crippen LogP) is 2.84. The molecule has 0 unspecified atom stereocenters. The van der Waals surface area contributed by atoms with Crippen LogP contribution in [0, 0.1) is 0 Å². The fourth-order valence-corrected chi connectivity index (χ4v) is 3.65. The second-order valence-corrected chi connectivity index (χ2v) is 6.84. The fraction of sp³-hybridized carbons (Fsp3) is 0.227. The average molecular weight is 375 g/mol. The fourth-order valence-electron chi connectivity index (χ4n) is 3.65. The van der Waals surface area contributed by atoms with E-state index in [4.69, 9.17) is 4.42 Å². The number of hydrogen-bond acceptors (Lipinski definition) is 4. The topological polar surface area (TPSA) is 84.2 Å². The first-order valence-electron chi connectivity index (χ1n) is 9.28. The van der Waals surface area contributed by atoms with Crippen LogP contribution < -0.4 is 10.6 Å². The Morgan fingerprint density at radius 2 is 1.93 bits per heavy atom. The molecule has 28 heavy (non-hydrogen) atoms. The van der Waals surface area contributed by atoms with Crippen LogP contribution in [0.3, 0.4) is 0 Å². The number of oxazole rings is 1. The summed E-state index contributed by atoms with van der Waals surface area (Å²) in [7, 11) is 0. The van der Waals surface area contributed by atoms with Crippen molar-refractivity contribution in [2.75, 3.05) is 0 Å². The molecule has 0 saturated heterocycles. The molecule has 6 heteroatoms. The van der Waals surface area contributed by atoms with Gasteiger partial charge in [-0.3, -0.25) is 9.59 Å². The van der Waals surface area contributed by atoms with E-state index in [1.54, 1.807) is 0 Å². The van der Waals surface area contributed by atoms with E-state index in [0.29, 0.717) is 18.7 Å². The minimum absolute atomic E-state index is 0.0992. The summed E-state index contributed by atoms with van der Waals surface area (Å²) in [6.45, 7) is 3.51. The lowest BCUT2D eigenvalue weighted by Gasteiger charge is -2.22. The number of benzene rings is 2. The molecule has 6 nitrogen and oxygen atoms in total. The van der Waals surface area contributed by atoms with Crippen molar-refractivity contribution in [2.45, 2.75) is 31.3 Å². The molecule has 4 rings (SSSR count). The third kappa shape index (κ3) is 3.67. The van der Waals surface area contributed by atoms with Gasteiger partial charge in [0.25, 0.3) is 0 Å². The van der Waals surface area contributed by atoms with Crippen LogP contribution in [0.25, 0.3) is 11.1 Å². The maximum Gasteiger partial charge on any atom is 0.243 e. The molecule has 142 valence electrons. The SMILES string of the molecule is C=CC(=O)N[C@@H]1c2ccccc2C[C@H]1NC(=O)CCc1nc2ccccc2o1. The molecule has 2 atom stereocenters. The van der Waals surface area contributed by atoms with Crippen molar-refractivity contribution >= 4 is 22.9 Å². The molecule has 2 amide bonds. The summed E-state index contributed by atoms with van der Waals surface area (Å²) < 4.78 is 5.67. The second kappa shape index (κ2) is 7.68. The van der Waals surface area contributed by atoms with E-state index in [0.717, 1.165) is 22.2 Å². The smallest absolute Gasteiger partial charge is 0.243 e. The van der Waals surface area contributed by atoms with Crippen LogP contribution in [0.15, 0.2) is 65.6 Å². The van der Waals surface area contributed by atoms with Crippen LogP contribution in [-0.2, 0) is 22.4 Å². The Morgan fingerprint density at radius 1 is 1.14 bits per heavy atom. The summed E-state index contributed by atoms with van der Waals surface area (Å²) in [5.41, 5.74) is 3.66. The van der Waals surface area contributed by atoms with E-state index in [9.17, 15) is 9.59 Å². The van der Waals surface area contributed by atoms with Gasteiger partial charge in [-0.15, -0.1) is 0 Å². The van der Waals surface area contributed by atoms with E-state index in [-0.39, 0.29) is 30.3 Å². The number of aryl methyl sites for hydroxylation is 1. The number of para-hydroxylation sites is 2. The lowest BCUT2D eigenvalue weighted by Crippen LogP contribution is -2.44. The standard InChI is InChI=1S/C22H21N3O3/c1-2-19(26)25-22-15-8-4-3-7-14(15)13-17(22)23-20(27)11-12-21-24-16-9-5-6-10-18(16)28-21/h2-10,17,22H,1,11-13H2,(H,23,27)(H,25,26)/t17-,22-/m1/s1. The van der Waals surface area contributed by atoms with Gasteiger partial charge in [0.2, 0.25) is 11.8 Å². The molecule has 2 aromatic carbocycles. The zero-order valence-electron chi connectivity index (χ0n) is 15.4. The van der Waals surface area contributed by atoms with Gasteiger partial charge >= 0.3 is 0 Å². The molecule has 0 radical (unpaired) electrons. The maximum atomic E-state index is 12.5. The van der Waals surface area contributed by atoms with E-state index in [2.05, 4.69) is 22.2 Å². The zero-order valence-corrected chi connectivity index (χ0v) is 15.4. The minimum Gasteiger partial charge on any atom is -0.441 e. The first-order chi connectivity index (χ1) is 13.6. The Bertz CT molecular complexity index is 1010. The van der Waals surface area contributed by atoms with Gasteiger partial charge in [0.1, 0.15) is 5.52 Å². The lowest BCUT2D eigenvalue weighted by atomic mass is 10.1. The number of hydrogen-bond donors (Lipinski definition) is 2. The quantitative estimate of drug-likeness (QED) is 0.649. The van der Waals surface area contributed by atoms with Gasteiger partial charge < -0.3 is 15.1 Å². The molecular weight excluding hydrogens is 354 g/mol. The molecule has 0 bridgehead atoms. The van der Waals surface area contributed by atoms with Crippen molar-refractivity contribution in [1.29, 1.82) is 0 Å². The van der Waals surface area contributed by atoms with E-state index in [1.807, 2.05) is 48.5 Å². The molecule has 3 aromatic rings. The number of carbonyl (C=O) groups excluding carboxylic acids is 2. The van der Waals surface area contributed by atoms with Gasteiger partial charge in [0.15, 0.2) is 11.5 Å². The normalized spacial score (nSPS) is 17.9. The largest absolute Gasteiger partial charge is 0.441 e. The van der Waals surface area contributed by atoms with E-state index < -0.39 is 0 Å². The van der Waals surface area contributed by atoms with Gasteiger partial charge in [0, 0.05) is 12.8 Å². The van der Waals surface area contributed by atoms with Gasteiger partial charge in [-0.05, 0) is 35.8 Å². The monoisotopic (exact) mass is 375 g/mol. The first-order valence-corrected chi connectivity index (χ1v) is 9.28. The predicted molar refractivity (Wildman–Crippen MR) is 105 cm³/mol. The molecule has 1 heterocycles. The highest BCUT2D eigenvalue weighted by Crippen LogP contribution is 2.31. The van der Waals surface area contributed by atoms with Gasteiger partial charge in [0.05, 0.1) is 12.1 Å². The van der Waals surface area contributed by atoms with Crippen LogP contribution in [0.2, 0.25) is 0 Å². The van der Waals surface area contributed by atoms with Crippen molar-refractivity contribution in [3.8, 4) is 0 Å². The number of aromatic nitrogens is 1. The highest BCUT2D eigenvalue weighted by atomic mass is 16.3. The first kappa shape index (κ1) is 18.0. The van der Waals surface area contributed by atoms with Crippen LogP contribution in [0.4, 0.5) is 0 Å². The molecule has 0 aliphatic heterocycles. The summed E-state index contributed by atoms with van der Waals surface area (Å²) in [5, 5.41) is 5.98. The Morgan fingerprint density at radius 3 is 2.75 bits per heavy atom. The molecule has 0 fully saturated rings. The summed E-state index contributed by atoms with van der Waals surface area (Å²) in [5.74, 6) is 0.188. The number of nitrogens with one attached hydrogen (secondary N) is 2. The van der Waals surface area contributed by atoms with Crippen molar-refractivity contribution in [3.05, 3.63) is 78.2 Å². The van der Waals surface area contributed by atoms with Gasteiger partial charge in [-0.1, -0.05) is 43.0 Å². The van der Waals surface area contributed by atoms with Crippen LogP contribution in [0.1, 0.15) is 29.5 Å². The number of rotatable bonds is 6. The Kier molecular flexibility index (Phi) is 4.93. The third-order valence-electron chi connectivity index (χ3n) is 4.97. The van der Waals surface area contributed by atoms with Gasteiger partial charge in [-0.2, -0.15) is 0 Å². The lowest BCUT2D eigenvalue weighted by molar-refractivity contribution is -0.123. The average Bonchev–Trinajstić information content (AvgIpc) is 3.27. The zero-order chi connectivity index (χ0) is 19.5. The summed E-state index contributed by atoms with van der Waals surface area (Å²) in [6, 6.07) is 15.0. The van der Waals surface area contributed by atoms with Crippen LogP contribution in [0.5, 0.6) is 0 Å². The highest BCUT2D eigenvalue weighted by molar-refractivity contribution is 5.87. The highest BCUT2D eigenvalue weighted by Gasteiger charge is 2.33. The summed E-state index contributed by atoms with van der Waals surface area (Å²) >= 11 is 0. The maximum absolute atomic E-state index is 12.5. The van der Waals surface area contributed by atoms with Crippen molar-refractivity contribution < 1.29 is 14.0 Å².